The Morgan fingerprint density at radius 1 is 0.369 bits per heavy atom. The Hall–Kier alpha value is -2.12. The van der Waals surface area contributed by atoms with Crippen LogP contribution >= 0.6 is 0 Å². The normalized spacial score (nSPS) is 50.8. The van der Waals surface area contributed by atoms with Gasteiger partial charge >= 0.3 is 23.9 Å². The van der Waals surface area contributed by atoms with Crippen LogP contribution in [-0.4, -0.2) is 46.3 Å². The van der Waals surface area contributed by atoms with Crippen LogP contribution in [0.4, 0.5) is 0 Å². The number of hydrogen-bond donors (Lipinski definition) is 0. The molecular weight excluding hydrogens is 1040 g/mol. The quantitative estimate of drug-likeness (QED) is 0.0962. The van der Waals surface area contributed by atoms with Gasteiger partial charge in [-0.15, -0.1) is 0 Å². The Kier molecular flexibility index (Phi) is 15.8. The monoisotopic (exact) mass is 1160 g/mol. The summed E-state index contributed by atoms with van der Waals surface area (Å²) in [6, 6.07) is 0. The van der Waals surface area contributed by atoms with Gasteiger partial charge in [0.25, 0.3) is 0 Å². The molecule has 16 aliphatic rings. The molecule has 472 valence electrons. The van der Waals surface area contributed by atoms with Gasteiger partial charge in [0, 0.05) is 23.7 Å². The van der Waals surface area contributed by atoms with Gasteiger partial charge in [-0.3, -0.25) is 19.2 Å². The molecule has 16 saturated carbocycles. The summed E-state index contributed by atoms with van der Waals surface area (Å²) < 4.78 is 24.8. The second-order valence-corrected chi connectivity index (χ2v) is 35.4. The third-order valence-electron chi connectivity index (χ3n) is 31.3. The van der Waals surface area contributed by atoms with Crippen molar-refractivity contribution >= 4 is 23.9 Å². The van der Waals surface area contributed by atoms with Crippen molar-refractivity contribution in [2.75, 3.05) is 0 Å². The zero-order valence-electron chi connectivity index (χ0n) is 55.7. The molecule has 16 aliphatic carbocycles. The SMILES string of the molecule is CCC(C)(C)C(=O)OC1(C)CC2CC1C1C3CCC(C3)C21.CCC(C)(C)C(=O)OC1(CC)CC2CC1C1C3CCC(C3)C21.CCC(C)C(=O)OC1(C)CC2CC1C1C3CCC(C3)C21.CCC(C)C(=O)OC1(CC)CC2CC1C1C3CCC(C3)C21. The minimum absolute atomic E-state index is 0.0276. The molecule has 16 bridgehead atoms. The van der Waals surface area contributed by atoms with Crippen molar-refractivity contribution in [3.63, 3.8) is 0 Å². The number of fused-ring (bicyclic) bond motifs is 36. The Morgan fingerprint density at radius 2 is 0.655 bits per heavy atom. The van der Waals surface area contributed by atoms with Crippen LogP contribution in [0.15, 0.2) is 0 Å². The third kappa shape index (κ3) is 9.41. The van der Waals surface area contributed by atoms with Crippen molar-refractivity contribution in [1.82, 2.24) is 0 Å². The molecule has 0 N–H and O–H groups in total. The maximum absolute atomic E-state index is 12.7. The fraction of sp³-hybridized carbons (Fsp3) is 0.947. The number of carbonyl (C=O) groups is 4. The molecule has 0 aromatic heterocycles. The molecule has 30 atom stereocenters. The van der Waals surface area contributed by atoms with Crippen molar-refractivity contribution in [2.24, 2.45) is 165 Å². The second kappa shape index (κ2) is 21.8. The summed E-state index contributed by atoms with van der Waals surface area (Å²) >= 11 is 0. The van der Waals surface area contributed by atoms with Crippen LogP contribution in [-0.2, 0) is 38.1 Å². The first-order valence-electron chi connectivity index (χ1n) is 36.8. The van der Waals surface area contributed by atoms with Crippen molar-refractivity contribution < 1.29 is 38.1 Å². The molecular formula is C76H120O8. The van der Waals surface area contributed by atoms with Gasteiger partial charge in [0.05, 0.1) is 22.7 Å². The lowest BCUT2D eigenvalue weighted by atomic mass is 9.65. The van der Waals surface area contributed by atoms with Gasteiger partial charge in [0.15, 0.2) is 0 Å². The van der Waals surface area contributed by atoms with Crippen molar-refractivity contribution in [2.45, 2.75) is 286 Å². The highest BCUT2D eigenvalue weighted by molar-refractivity contribution is 5.77. The largest absolute Gasteiger partial charge is 0.459 e. The van der Waals surface area contributed by atoms with E-state index in [-0.39, 0.29) is 68.9 Å². The number of esters is 4. The fourth-order valence-corrected chi connectivity index (χ4v) is 26.5. The average Bonchev–Trinajstić information content (AvgIpc) is 1.61. The van der Waals surface area contributed by atoms with Gasteiger partial charge in [-0.2, -0.15) is 0 Å². The first-order chi connectivity index (χ1) is 39.9. The molecule has 0 saturated heterocycles. The van der Waals surface area contributed by atoms with E-state index in [9.17, 15) is 19.2 Å². The Bertz CT molecular complexity index is 2500. The standard InChI is InChI=1S/C20H32O2.2C19H30O2.C18H28O2/c1-5-19(3,4)18(21)22-20(6-2)11-14-10-15(20)17-13-8-7-12(9-13)16(14)17;1-5-18(2,3)17(20)21-19(4)10-13-9-14(19)16-12-7-6-11(8-12)15(13)16;1-4-11(3)18(20)21-19(5-2)10-14-9-15(19)17-13-7-6-12(8-13)16(14)17;1-4-10(2)17(19)20-18(3)9-13-8-14(18)16-12-6-5-11(7-12)15(13)16/h12-17H,5-11H2,1-4H3;11-16H,5-10H2,1-4H3;11-17H,4-10H2,1-3H3;10-16H,4-9H2,1-3H3. The van der Waals surface area contributed by atoms with E-state index < -0.39 is 0 Å². The highest BCUT2D eigenvalue weighted by atomic mass is 16.6. The van der Waals surface area contributed by atoms with E-state index in [0.717, 1.165) is 176 Å². The van der Waals surface area contributed by atoms with E-state index in [0.29, 0.717) is 23.7 Å². The zero-order chi connectivity index (χ0) is 59.5. The molecule has 8 nitrogen and oxygen atoms in total. The minimum atomic E-state index is -0.335. The lowest BCUT2D eigenvalue weighted by Gasteiger charge is -2.46. The predicted octanol–water partition coefficient (Wildman–Crippen LogP) is 17.7. The lowest BCUT2D eigenvalue weighted by Crippen LogP contribution is -2.49. The number of hydrogen-bond acceptors (Lipinski definition) is 8. The number of carbonyl (C=O) groups excluding carboxylic acids is 4. The van der Waals surface area contributed by atoms with Crippen LogP contribution in [0.5, 0.6) is 0 Å². The molecule has 0 aromatic carbocycles. The maximum atomic E-state index is 12.7. The Labute approximate surface area is 510 Å². The minimum Gasteiger partial charge on any atom is -0.459 e. The van der Waals surface area contributed by atoms with Crippen molar-refractivity contribution in [3.8, 4) is 0 Å². The highest BCUT2D eigenvalue weighted by Crippen LogP contribution is 2.75. The van der Waals surface area contributed by atoms with Crippen LogP contribution in [0.25, 0.3) is 0 Å². The topological polar surface area (TPSA) is 105 Å². The predicted molar refractivity (Wildman–Crippen MR) is 330 cm³/mol. The summed E-state index contributed by atoms with van der Waals surface area (Å²) in [6.07, 6.45) is 33.2. The Morgan fingerprint density at radius 3 is 1.00 bits per heavy atom. The van der Waals surface area contributed by atoms with Gasteiger partial charge in [0.1, 0.15) is 22.4 Å². The van der Waals surface area contributed by atoms with Crippen molar-refractivity contribution in [1.29, 1.82) is 0 Å². The highest BCUT2D eigenvalue weighted by Gasteiger charge is 2.71. The van der Waals surface area contributed by atoms with E-state index in [1.165, 1.54) is 109 Å². The molecule has 0 spiro atoms. The summed E-state index contributed by atoms with van der Waals surface area (Å²) in [5.74, 6) is 21.8. The summed E-state index contributed by atoms with van der Waals surface area (Å²) in [6.45, 7) is 29.4. The number of ether oxygens (including phenoxy) is 4. The van der Waals surface area contributed by atoms with E-state index in [1.807, 2.05) is 41.5 Å². The van der Waals surface area contributed by atoms with E-state index >= 15 is 0 Å². The average molecular weight is 1160 g/mol. The molecule has 0 aromatic rings. The summed E-state index contributed by atoms with van der Waals surface area (Å²) in [5.41, 5.74) is -1.20. The van der Waals surface area contributed by atoms with Crippen LogP contribution in [0.2, 0.25) is 0 Å². The van der Waals surface area contributed by atoms with Gasteiger partial charge in [0.2, 0.25) is 0 Å². The first kappa shape index (κ1) is 60.8. The Balaban J connectivity index is 0.000000105. The molecule has 30 unspecified atom stereocenters. The van der Waals surface area contributed by atoms with Gasteiger partial charge < -0.3 is 18.9 Å². The third-order valence-corrected chi connectivity index (χ3v) is 31.3. The lowest BCUT2D eigenvalue weighted by molar-refractivity contribution is -0.183. The molecule has 16 fully saturated rings. The first-order valence-corrected chi connectivity index (χ1v) is 36.8. The molecule has 0 radical (unpaired) electrons. The van der Waals surface area contributed by atoms with Crippen LogP contribution in [0.3, 0.4) is 0 Å². The zero-order valence-corrected chi connectivity index (χ0v) is 55.7. The van der Waals surface area contributed by atoms with E-state index in [4.69, 9.17) is 18.9 Å². The van der Waals surface area contributed by atoms with E-state index in [1.54, 1.807) is 0 Å². The molecule has 0 aliphatic heterocycles. The molecule has 0 amide bonds. The van der Waals surface area contributed by atoms with E-state index in [2.05, 4.69) is 55.4 Å². The van der Waals surface area contributed by atoms with Crippen LogP contribution in [0, 0.1) is 165 Å². The fourth-order valence-electron chi connectivity index (χ4n) is 26.5. The summed E-state index contributed by atoms with van der Waals surface area (Å²) in [5, 5.41) is 0. The van der Waals surface area contributed by atoms with Crippen LogP contribution in [0.1, 0.15) is 264 Å². The van der Waals surface area contributed by atoms with Gasteiger partial charge in [-0.25, -0.2) is 0 Å². The van der Waals surface area contributed by atoms with Gasteiger partial charge in [-0.05, 0) is 327 Å². The number of rotatable bonds is 14. The van der Waals surface area contributed by atoms with Crippen LogP contribution < -0.4 is 0 Å². The van der Waals surface area contributed by atoms with Crippen molar-refractivity contribution in [3.05, 3.63) is 0 Å². The summed E-state index contributed by atoms with van der Waals surface area (Å²) in [4.78, 5) is 49.9. The summed E-state index contributed by atoms with van der Waals surface area (Å²) in [7, 11) is 0. The molecule has 0 heterocycles. The maximum Gasteiger partial charge on any atom is 0.312 e. The molecule has 16 rings (SSSR count). The second-order valence-electron chi connectivity index (χ2n) is 35.4. The molecule has 8 heteroatoms. The smallest absolute Gasteiger partial charge is 0.312 e. The molecule has 84 heavy (non-hydrogen) atoms. The van der Waals surface area contributed by atoms with Gasteiger partial charge in [-0.1, -0.05) is 55.4 Å².